The van der Waals surface area contributed by atoms with E-state index in [1.54, 1.807) is 37.1 Å². The summed E-state index contributed by atoms with van der Waals surface area (Å²) >= 11 is 1.24. The van der Waals surface area contributed by atoms with Gasteiger partial charge in [0.25, 0.3) is 0 Å². The maximum absolute atomic E-state index is 12.3. The number of nitrogens with one attached hydrogen (secondary N) is 1. The summed E-state index contributed by atoms with van der Waals surface area (Å²) in [5, 5.41) is 15.0. The molecule has 1 aromatic heterocycles. The molecule has 3 rings (SSSR count). The van der Waals surface area contributed by atoms with E-state index < -0.39 is 0 Å². The van der Waals surface area contributed by atoms with E-state index in [1.165, 1.54) is 11.8 Å². The van der Waals surface area contributed by atoms with Crippen molar-refractivity contribution in [2.75, 3.05) is 25.3 Å². The van der Waals surface area contributed by atoms with Crippen LogP contribution in [0, 0.1) is 0 Å². The molecular formula is C17H17N5O3S. The van der Waals surface area contributed by atoms with Crippen LogP contribution in [0.5, 0.6) is 11.5 Å². The molecule has 0 saturated carbocycles. The first-order valence-corrected chi connectivity index (χ1v) is 8.68. The number of ether oxygens (including phenoxy) is 2. The minimum Gasteiger partial charge on any atom is -0.497 e. The molecule has 3 aromatic rings. The van der Waals surface area contributed by atoms with Gasteiger partial charge in [-0.05, 0) is 34.7 Å². The van der Waals surface area contributed by atoms with Gasteiger partial charge in [0.15, 0.2) is 0 Å². The van der Waals surface area contributed by atoms with Gasteiger partial charge in [-0.1, -0.05) is 30.0 Å². The number of tetrazole rings is 1. The summed E-state index contributed by atoms with van der Waals surface area (Å²) in [6.07, 6.45) is 0. The predicted molar refractivity (Wildman–Crippen MR) is 98.1 cm³/mol. The molecule has 0 fully saturated rings. The largest absolute Gasteiger partial charge is 0.497 e. The number of anilines is 1. The van der Waals surface area contributed by atoms with Crippen LogP contribution in [-0.2, 0) is 4.79 Å². The summed E-state index contributed by atoms with van der Waals surface area (Å²) in [6.45, 7) is 0. The first-order valence-electron chi connectivity index (χ1n) is 7.69. The van der Waals surface area contributed by atoms with E-state index in [4.69, 9.17) is 9.47 Å². The van der Waals surface area contributed by atoms with Gasteiger partial charge in [-0.15, -0.1) is 5.10 Å². The fourth-order valence-corrected chi connectivity index (χ4v) is 2.92. The lowest BCUT2D eigenvalue weighted by atomic mass is 10.2. The van der Waals surface area contributed by atoms with Crippen molar-refractivity contribution >= 4 is 23.4 Å². The Hall–Kier alpha value is -3.07. The quantitative estimate of drug-likeness (QED) is 0.638. The lowest BCUT2D eigenvalue weighted by Gasteiger charge is -2.11. The Kier molecular flexibility index (Phi) is 5.69. The summed E-state index contributed by atoms with van der Waals surface area (Å²) in [7, 11) is 3.10. The van der Waals surface area contributed by atoms with Crippen LogP contribution in [0.2, 0.25) is 0 Å². The number of amides is 1. The van der Waals surface area contributed by atoms with Crippen LogP contribution in [0.3, 0.4) is 0 Å². The zero-order valence-corrected chi connectivity index (χ0v) is 15.1. The lowest BCUT2D eigenvalue weighted by Crippen LogP contribution is -2.15. The summed E-state index contributed by atoms with van der Waals surface area (Å²) in [6, 6.07) is 14.7. The molecular weight excluding hydrogens is 354 g/mol. The van der Waals surface area contributed by atoms with Crippen molar-refractivity contribution in [2.24, 2.45) is 0 Å². The van der Waals surface area contributed by atoms with Crippen molar-refractivity contribution in [3.63, 3.8) is 0 Å². The first kappa shape index (κ1) is 17.7. The standard InChI is InChI=1S/C17H17N5O3S/c1-24-13-8-9-15(25-2)14(10-13)18-16(23)11-26-17-19-20-21-22(17)12-6-4-3-5-7-12/h3-10H,11H2,1-2H3,(H,18,23). The zero-order valence-electron chi connectivity index (χ0n) is 14.2. The number of rotatable bonds is 7. The van der Waals surface area contributed by atoms with E-state index in [-0.39, 0.29) is 11.7 Å². The Morgan fingerprint density at radius 3 is 2.69 bits per heavy atom. The van der Waals surface area contributed by atoms with Gasteiger partial charge in [0.1, 0.15) is 11.5 Å². The number of nitrogens with zero attached hydrogens (tertiary/aromatic N) is 4. The third-order valence-electron chi connectivity index (χ3n) is 3.45. The van der Waals surface area contributed by atoms with Gasteiger partial charge < -0.3 is 14.8 Å². The molecule has 2 aromatic carbocycles. The number of hydrogen-bond donors (Lipinski definition) is 1. The average molecular weight is 371 g/mol. The molecule has 0 unspecified atom stereocenters. The Morgan fingerprint density at radius 1 is 1.15 bits per heavy atom. The normalized spacial score (nSPS) is 10.4. The molecule has 0 spiro atoms. The Labute approximate surface area is 154 Å². The average Bonchev–Trinajstić information content (AvgIpc) is 3.15. The summed E-state index contributed by atoms with van der Waals surface area (Å²) < 4.78 is 12.0. The molecule has 0 aliphatic heterocycles. The van der Waals surface area contributed by atoms with E-state index in [9.17, 15) is 4.79 Å². The van der Waals surface area contributed by atoms with E-state index in [1.807, 2.05) is 30.3 Å². The Balaban J connectivity index is 1.67. The van der Waals surface area contributed by atoms with Gasteiger partial charge >= 0.3 is 0 Å². The van der Waals surface area contributed by atoms with Crippen molar-refractivity contribution in [3.8, 4) is 17.2 Å². The van der Waals surface area contributed by atoms with Crippen LogP contribution in [0.25, 0.3) is 5.69 Å². The summed E-state index contributed by atoms with van der Waals surface area (Å²) in [4.78, 5) is 12.3. The Morgan fingerprint density at radius 2 is 1.96 bits per heavy atom. The van der Waals surface area contributed by atoms with Crippen molar-refractivity contribution < 1.29 is 14.3 Å². The third-order valence-corrected chi connectivity index (χ3v) is 4.37. The number of hydrogen-bond acceptors (Lipinski definition) is 7. The van der Waals surface area contributed by atoms with E-state index in [2.05, 4.69) is 20.8 Å². The number of carbonyl (C=O) groups excluding carboxylic acids is 1. The maximum atomic E-state index is 12.3. The van der Waals surface area contributed by atoms with E-state index in [0.717, 1.165) is 5.69 Å². The number of thioether (sulfide) groups is 1. The van der Waals surface area contributed by atoms with Crippen LogP contribution in [0.4, 0.5) is 5.69 Å². The van der Waals surface area contributed by atoms with Gasteiger partial charge in [0, 0.05) is 6.07 Å². The van der Waals surface area contributed by atoms with Crippen molar-refractivity contribution in [2.45, 2.75) is 5.16 Å². The highest BCUT2D eigenvalue weighted by Crippen LogP contribution is 2.29. The molecule has 0 aliphatic carbocycles. The van der Waals surface area contributed by atoms with Crippen LogP contribution in [-0.4, -0.2) is 46.1 Å². The summed E-state index contributed by atoms with van der Waals surface area (Å²) in [5.41, 5.74) is 1.37. The highest BCUT2D eigenvalue weighted by Gasteiger charge is 2.13. The number of methoxy groups -OCH3 is 2. The van der Waals surface area contributed by atoms with Crippen molar-refractivity contribution in [1.29, 1.82) is 0 Å². The number of aromatic nitrogens is 4. The van der Waals surface area contributed by atoms with Crippen LogP contribution in [0.1, 0.15) is 0 Å². The number of carbonyl (C=O) groups is 1. The number of para-hydroxylation sites is 1. The highest BCUT2D eigenvalue weighted by molar-refractivity contribution is 7.99. The minimum absolute atomic E-state index is 0.146. The molecule has 1 amide bonds. The van der Waals surface area contributed by atoms with Crippen LogP contribution < -0.4 is 14.8 Å². The molecule has 9 heteroatoms. The van der Waals surface area contributed by atoms with Gasteiger partial charge in [-0.25, -0.2) is 0 Å². The van der Waals surface area contributed by atoms with Crippen molar-refractivity contribution in [3.05, 3.63) is 48.5 Å². The zero-order chi connectivity index (χ0) is 18.4. The molecule has 0 saturated heterocycles. The predicted octanol–water partition coefficient (Wildman–Crippen LogP) is 2.41. The monoisotopic (exact) mass is 371 g/mol. The van der Waals surface area contributed by atoms with E-state index in [0.29, 0.717) is 22.3 Å². The number of benzene rings is 2. The molecule has 0 radical (unpaired) electrons. The van der Waals surface area contributed by atoms with E-state index >= 15 is 0 Å². The smallest absolute Gasteiger partial charge is 0.234 e. The second kappa shape index (κ2) is 8.34. The Bertz CT molecular complexity index is 885. The lowest BCUT2D eigenvalue weighted by molar-refractivity contribution is -0.113. The SMILES string of the molecule is COc1ccc(OC)c(NC(=O)CSc2nnnn2-c2ccccc2)c1. The molecule has 0 bridgehead atoms. The minimum atomic E-state index is -0.204. The molecule has 1 heterocycles. The molecule has 134 valence electrons. The van der Waals surface area contributed by atoms with Crippen LogP contribution in [0.15, 0.2) is 53.7 Å². The molecule has 0 atom stereocenters. The van der Waals surface area contributed by atoms with Gasteiger partial charge in [-0.2, -0.15) is 4.68 Å². The third kappa shape index (κ3) is 4.12. The highest BCUT2D eigenvalue weighted by atomic mass is 32.2. The van der Waals surface area contributed by atoms with Gasteiger partial charge in [-0.3, -0.25) is 4.79 Å². The fraction of sp³-hybridized carbons (Fsp3) is 0.176. The molecule has 0 aliphatic rings. The molecule has 1 N–H and O–H groups in total. The van der Waals surface area contributed by atoms with Crippen LogP contribution >= 0.6 is 11.8 Å². The second-order valence-electron chi connectivity index (χ2n) is 5.11. The van der Waals surface area contributed by atoms with Gasteiger partial charge in [0.05, 0.1) is 31.3 Å². The summed E-state index contributed by atoms with van der Waals surface area (Å²) in [5.74, 6) is 1.12. The molecule has 26 heavy (non-hydrogen) atoms. The second-order valence-corrected chi connectivity index (χ2v) is 6.05. The molecule has 8 nitrogen and oxygen atoms in total. The van der Waals surface area contributed by atoms with Gasteiger partial charge in [0.2, 0.25) is 11.1 Å². The fourth-order valence-electron chi connectivity index (χ4n) is 2.23. The topological polar surface area (TPSA) is 91.2 Å². The van der Waals surface area contributed by atoms with Crippen molar-refractivity contribution in [1.82, 2.24) is 20.2 Å². The first-order chi connectivity index (χ1) is 12.7. The maximum Gasteiger partial charge on any atom is 0.234 e.